The Bertz CT molecular complexity index is 7560. The van der Waals surface area contributed by atoms with Crippen molar-refractivity contribution < 1.29 is 9.47 Å². The average molecular weight is 1630 g/mol. The number of fused-ring (bicyclic) bond motifs is 24. The van der Waals surface area contributed by atoms with E-state index < -0.39 is 10.8 Å². The smallest absolute Gasteiger partial charge is 0.164 e. The Balaban J connectivity index is 0.000000139. The van der Waals surface area contributed by atoms with Crippen LogP contribution in [-0.4, -0.2) is 34.9 Å². The molecular weight excluding hydrogens is 1560 g/mol. The zero-order chi connectivity index (χ0) is 84.4. The predicted molar refractivity (Wildman–Crippen MR) is 517 cm³/mol. The minimum atomic E-state index is -0.583. The van der Waals surface area contributed by atoms with Gasteiger partial charge in [-0.05, 0) is 144 Å². The first-order valence-corrected chi connectivity index (χ1v) is 43.4. The van der Waals surface area contributed by atoms with Crippen LogP contribution < -0.4 is 9.47 Å². The summed E-state index contributed by atoms with van der Waals surface area (Å²) in [5, 5.41) is 6.55. The standard InChI is InChI=1S/C60H37N3O.C59H36N4O/c1-3-16-39(17-4-1)54-37-55(63-59(62-54)41-18-5-2-6-19-41)40-32-30-38(31-33-40)42-20-15-21-43(34-42)58-48-35-52-57(36-47(48)46-24-9-13-28-53(46)61-58)64-56-29-14-12-27-51(56)60(52)49-25-10-7-22-44(49)45-23-8-11-26-50(45)60;1-3-16-38(17-4-1)56-61-57(39-18-5-2-6-19-39)63-58(62-56)40-32-30-37(31-33-40)41-20-15-21-42(34-41)55-47-35-51-54(36-46(47)45-24-9-13-28-52(45)60-55)64-53-29-14-12-27-50(53)59(51)48-25-10-7-22-43(48)44-23-8-11-26-49(44)59/h1-37H;1-36H. The Hall–Kier alpha value is -17.0. The van der Waals surface area contributed by atoms with Crippen molar-refractivity contribution in [2.45, 2.75) is 10.8 Å². The van der Waals surface area contributed by atoms with E-state index in [1.165, 1.54) is 44.5 Å². The van der Waals surface area contributed by atoms with Crippen molar-refractivity contribution >= 4 is 43.4 Å². The number of rotatable bonds is 10. The van der Waals surface area contributed by atoms with E-state index in [0.717, 1.165) is 178 Å². The minimum absolute atomic E-state index is 0.578. The summed E-state index contributed by atoms with van der Waals surface area (Å²) in [6.45, 7) is 0. The fraction of sp³-hybridized carbons (Fsp3) is 0.0168. The van der Waals surface area contributed by atoms with Gasteiger partial charge in [-0.25, -0.2) is 34.9 Å². The van der Waals surface area contributed by atoms with E-state index in [4.69, 9.17) is 44.4 Å². The van der Waals surface area contributed by atoms with E-state index >= 15 is 0 Å². The molecule has 0 saturated carbocycles. The van der Waals surface area contributed by atoms with Gasteiger partial charge in [0.05, 0.1) is 44.6 Å². The lowest BCUT2D eigenvalue weighted by atomic mass is 9.65. The summed E-state index contributed by atoms with van der Waals surface area (Å²) in [5.74, 6) is 6.09. The maximum Gasteiger partial charge on any atom is 0.164 e. The van der Waals surface area contributed by atoms with Gasteiger partial charge in [-0.15, -0.1) is 0 Å². The third kappa shape index (κ3) is 11.9. The van der Waals surface area contributed by atoms with Crippen molar-refractivity contribution in [1.29, 1.82) is 0 Å². The molecule has 4 aromatic heterocycles. The highest BCUT2D eigenvalue weighted by atomic mass is 16.5. The molecule has 0 amide bonds. The zero-order valence-corrected chi connectivity index (χ0v) is 69.1. The molecule has 0 fully saturated rings. The molecule has 26 rings (SSSR count). The van der Waals surface area contributed by atoms with Crippen LogP contribution >= 0.6 is 0 Å². The normalized spacial score (nSPS) is 12.9. The van der Waals surface area contributed by atoms with Crippen LogP contribution in [0.2, 0.25) is 0 Å². The number of para-hydroxylation sites is 4. The van der Waals surface area contributed by atoms with Crippen LogP contribution in [0.1, 0.15) is 44.5 Å². The summed E-state index contributed by atoms with van der Waals surface area (Å²) in [5.41, 5.74) is 31.3. The fourth-order valence-electron chi connectivity index (χ4n) is 20.4. The SMILES string of the molecule is c1ccc(-c2cc(-c3ccc(-c4cccc(-c5nc6ccccc6c6cc7c(cc56)C5(c6ccccc6O7)c6ccccc6-c6ccccc65)c4)cc3)nc(-c3ccccc3)n2)cc1.c1ccc(-c2nc(-c3ccccc3)nc(-c3ccc(-c4cccc(-c5nc6ccccc6c6cc7c(cc56)C5(c6ccccc6O7)c6ccccc6-c6ccccc65)c4)cc3)n2)cc1. The molecule has 18 aromatic carbocycles. The number of hydrogen-bond acceptors (Lipinski definition) is 9. The summed E-state index contributed by atoms with van der Waals surface area (Å²) in [6.07, 6.45) is 0. The van der Waals surface area contributed by atoms with E-state index in [0.29, 0.717) is 23.3 Å². The molecule has 2 spiro atoms. The van der Waals surface area contributed by atoms with Gasteiger partial charge in [-0.3, -0.25) is 0 Å². The summed E-state index contributed by atoms with van der Waals surface area (Å²) in [4.78, 5) is 35.8. The molecule has 0 saturated heterocycles. The number of aromatic nitrogens is 7. The minimum Gasteiger partial charge on any atom is -0.457 e. The second kappa shape index (κ2) is 29.9. The molecule has 4 aliphatic rings. The maximum absolute atomic E-state index is 6.94. The summed E-state index contributed by atoms with van der Waals surface area (Å²) < 4.78 is 13.9. The fourth-order valence-corrected chi connectivity index (χ4v) is 20.4. The van der Waals surface area contributed by atoms with E-state index in [-0.39, 0.29) is 0 Å². The van der Waals surface area contributed by atoms with Crippen LogP contribution in [0, 0.1) is 0 Å². The van der Waals surface area contributed by atoms with Crippen molar-refractivity contribution in [2.75, 3.05) is 0 Å². The molecule has 128 heavy (non-hydrogen) atoms. The first kappa shape index (κ1) is 73.7. The van der Waals surface area contributed by atoms with E-state index in [1.54, 1.807) is 0 Å². The van der Waals surface area contributed by atoms with Crippen LogP contribution in [0.4, 0.5) is 0 Å². The van der Waals surface area contributed by atoms with Gasteiger partial charge in [0.2, 0.25) is 0 Å². The second-order valence-corrected chi connectivity index (χ2v) is 33.2. The van der Waals surface area contributed by atoms with Gasteiger partial charge < -0.3 is 9.47 Å². The molecule has 9 heteroatoms. The first-order valence-electron chi connectivity index (χ1n) is 43.4. The molecule has 0 bridgehead atoms. The number of nitrogens with zero attached hydrogens (tertiary/aromatic N) is 7. The molecule has 22 aromatic rings. The summed E-state index contributed by atoms with van der Waals surface area (Å²) >= 11 is 0. The van der Waals surface area contributed by atoms with E-state index in [2.05, 4.69) is 346 Å². The van der Waals surface area contributed by atoms with Crippen LogP contribution in [0.3, 0.4) is 0 Å². The predicted octanol–water partition coefficient (Wildman–Crippen LogP) is 29.4. The Morgan fingerprint density at radius 2 is 0.445 bits per heavy atom. The van der Waals surface area contributed by atoms with Gasteiger partial charge >= 0.3 is 0 Å². The Morgan fingerprint density at radius 1 is 0.156 bits per heavy atom. The Kier molecular flexibility index (Phi) is 17.2. The van der Waals surface area contributed by atoms with Crippen molar-refractivity contribution in [3.63, 3.8) is 0 Å². The van der Waals surface area contributed by atoms with Gasteiger partial charge in [-0.1, -0.05) is 376 Å². The third-order valence-corrected chi connectivity index (χ3v) is 26.1. The molecule has 2 aliphatic heterocycles. The van der Waals surface area contributed by atoms with Crippen molar-refractivity contribution in [2.24, 2.45) is 0 Å². The van der Waals surface area contributed by atoms with Gasteiger partial charge in [0.25, 0.3) is 0 Å². The third-order valence-electron chi connectivity index (χ3n) is 26.1. The van der Waals surface area contributed by atoms with Crippen LogP contribution in [-0.2, 0) is 10.8 Å². The number of hydrogen-bond donors (Lipinski definition) is 0. The first-order chi connectivity index (χ1) is 63.4. The van der Waals surface area contributed by atoms with Crippen LogP contribution in [0.25, 0.3) is 178 Å². The number of pyridine rings is 2. The van der Waals surface area contributed by atoms with Crippen molar-refractivity contribution in [1.82, 2.24) is 34.9 Å². The lowest BCUT2D eigenvalue weighted by Crippen LogP contribution is -2.32. The highest BCUT2D eigenvalue weighted by Crippen LogP contribution is 2.65. The summed E-state index contributed by atoms with van der Waals surface area (Å²) in [7, 11) is 0. The van der Waals surface area contributed by atoms with Crippen molar-refractivity contribution in [3.05, 3.63) is 487 Å². The molecule has 6 heterocycles. The molecule has 0 unspecified atom stereocenters. The van der Waals surface area contributed by atoms with Crippen LogP contribution in [0.15, 0.2) is 443 Å². The van der Waals surface area contributed by atoms with Gasteiger partial charge in [0.1, 0.15) is 23.0 Å². The van der Waals surface area contributed by atoms with E-state index in [1.807, 2.05) is 97.1 Å². The molecule has 9 nitrogen and oxygen atoms in total. The van der Waals surface area contributed by atoms with Gasteiger partial charge in [0.15, 0.2) is 23.3 Å². The molecule has 596 valence electrons. The molecule has 0 atom stereocenters. The number of ether oxygens (including phenoxy) is 2. The lowest BCUT2D eigenvalue weighted by Gasteiger charge is -2.39. The topological polar surface area (TPSA) is 109 Å². The summed E-state index contributed by atoms with van der Waals surface area (Å²) in [6, 6.07) is 156. The van der Waals surface area contributed by atoms with Crippen molar-refractivity contribution in [3.8, 4) is 158 Å². The Labute approximate surface area is 739 Å². The Morgan fingerprint density at radius 3 is 0.844 bits per heavy atom. The monoisotopic (exact) mass is 1630 g/mol. The second-order valence-electron chi connectivity index (χ2n) is 33.2. The van der Waals surface area contributed by atoms with Crippen LogP contribution in [0.5, 0.6) is 23.0 Å². The average Bonchev–Trinajstić information content (AvgIpc) is 1.47. The van der Waals surface area contributed by atoms with Gasteiger partial charge in [-0.2, -0.15) is 0 Å². The molecule has 0 radical (unpaired) electrons. The zero-order valence-electron chi connectivity index (χ0n) is 69.1. The largest absolute Gasteiger partial charge is 0.457 e. The quantitative estimate of drug-likeness (QED) is 0.124. The molecular formula is C119H73N7O2. The van der Waals surface area contributed by atoms with E-state index in [9.17, 15) is 0 Å². The number of benzene rings is 18. The maximum atomic E-state index is 6.94. The highest BCUT2D eigenvalue weighted by Gasteiger charge is 2.53. The molecule has 0 N–H and O–H groups in total. The van der Waals surface area contributed by atoms with Gasteiger partial charge in [0, 0.05) is 88.3 Å². The highest BCUT2D eigenvalue weighted by molar-refractivity contribution is 6.14. The lowest BCUT2D eigenvalue weighted by molar-refractivity contribution is 0.437. The molecule has 2 aliphatic carbocycles.